The molecular weight excluding hydrogens is 242 g/mol. The number of H-pyrrole nitrogens is 1. The smallest absolute Gasteiger partial charge is 0.353 e. The molecule has 0 fully saturated rings. The van der Waals surface area contributed by atoms with Crippen LogP contribution in [0, 0.1) is 10.1 Å². The summed E-state index contributed by atoms with van der Waals surface area (Å²) in [7, 11) is 0. The molecule has 8 heteroatoms. The van der Waals surface area contributed by atoms with Gasteiger partial charge in [0.1, 0.15) is 5.69 Å². The molecule has 0 aliphatic carbocycles. The number of carboxylic acid groups (broad SMARTS) is 1. The molecule has 0 aliphatic rings. The van der Waals surface area contributed by atoms with Gasteiger partial charge in [-0.3, -0.25) is 20.0 Å². The second-order valence-corrected chi connectivity index (χ2v) is 3.43. The second-order valence-electron chi connectivity index (χ2n) is 3.43. The normalized spacial score (nSPS) is 10.2. The highest BCUT2D eigenvalue weighted by molar-refractivity contribution is 5.85. The molecule has 2 aromatic rings. The van der Waals surface area contributed by atoms with E-state index in [1.54, 1.807) is 0 Å². The lowest BCUT2D eigenvalue weighted by atomic mass is 10.3. The highest BCUT2D eigenvalue weighted by Gasteiger charge is 2.12. The minimum atomic E-state index is -1.28. The van der Waals surface area contributed by atoms with Crippen LogP contribution in [0.1, 0.15) is 10.5 Å². The molecular formula is C10H7N3O5. The van der Waals surface area contributed by atoms with Gasteiger partial charge in [-0.05, 0) is 6.07 Å². The van der Waals surface area contributed by atoms with E-state index in [9.17, 15) is 19.7 Å². The lowest BCUT2D eigenvalue weighted by Gasteiger charge is -2.00. The fraction of sp³-hybridized carbons (Fsp3) is 0. The molecule has 18 heavy (non-hydrogen) atoms. The van der Waals surface area contributed by atoms with E-state index in [0.29, 0.717) is 0 Å². The molecule has 0 unspecified atom stereocenters. The molecule has 0 bridgehead atoms. The van der Waals surface area contributed by atoms with Crippen LogP contribution in [-0.4, -0.2) is 25.8 Å². The molecule has 0 atom stereocenters. The topological polar surface area (TPSA) is 118 Å². The Hall–Kier alpha value is -2.90. The van der Waals surface area contributed by atoms with Crippen molar-refractivity contribution in [2.24, 2.45) is 0 Å². The standard InChI is InChI=1S/C10H7N3O5/c14-9-5-8(10(15)16)11-12(9)6-2-1-3-7(4-6)13(17)18/h1-5,11H,(H,15,16). The molecule has 0 saturated heterocycles. The third-order valence-corrected chi connectivity index (χ3v) is 2.25. The number of hydrogen-bond donors (Lipinski definition) is 2. The molecule has 1 heterocycles. The molecule has 0 saturated carbocycles. The minimum absolute atomic E-state index is 0.189. The summed E-state index contributed by atoms with van der Waals surface area (Å²) >= 11 is 0. The maximum Gasteiger partial charge on any atom is 0.353 e. The van der Waals surface area contributed by atoms with Gasteiger partial charge in [0, 0.05) is 18.2 Å². The van der Waals surface area contributed by atoms with E-state index in [1.165, 1.54) is 24.3 Å². The summed E-state index contributed by atoms with van der Waals surface area (Å²) in [4.78, 5) is 32.2. The van der Waals surface area contributed by atoms with E-state index < -0.39 is 16.5 Å². The van der Waals surface area contributed by atoms with Crippen LogP contribution in [0.2, 0.25) is 0 Å². The van der Waals surface area contributed by atoms with Crippen molar-refractivity contribution in [2.45, 2.75) is 0 Å². The fourth-order valence-corrected chi connectivity index (χ4v) is 1.44. The number of aromatic nitrogens is 2. The van der Waals surface area contributed by atoms with Crippen LogP contribution in [0.3, 0.4) is 0 Å². The first-order valence-electron chi connectivity index (χ1n) is 4.79. The van der Waals surface area contributed by atoms with Crippen LogP contribution in [0.25, 0.3) is 5.69 Å². The Balaban J connectivity index is 2.55. The van der Waals surface area contributed by atoms with E-state index in [1.807, 2.05) is 0 Å². The van der Waals surface area contributed by atoms with Gasteiger partial charge in [-0.25, -0.2) is 9.48 Å². The summed E-state index contributed by atoms with van der Waals surface area (Å²) in [6.07, 6.45) is 0. The van der Waals surface area contributed by atoms with Crippen molar-refractivity contribution in [1.82, 2.24) is 9.78 Å². The first-order valence-corrected chi connectivity index (χ1v) is 4.79. The molecule has 92 valence electrons. The van der Waals surface area contributed by atoms with Crippen molar-refractivity contribution in [3.8, 4) is 5.69 Å². The molecule has 8 nitrogen and oxygen atoms in total. The second kappa shape index (κ2) is 4.17. The maximum absolute atomic E-state index is 11.5. The first-order chi connectivity index (χ1) is 8.49. The van der Waals surface area contributed by atoms with Crippen molar-refractivity contribution in [2.75, 3.05) is 0 Å². The number of nitro benzene ring substituents is 1. The number of rotatable bonds is 3. The van der Waals surface area contributed by atoms with Crippen LogP contribution >= 0.6 is 0 Å². The van der Waals surface area contributed by atoms with Crippen molar-refractivity contribution in [3.63, 3.8) is 0 Å². The van der Waals surface area contributed by atoms with Gasteiger partial charge in [-0.2, -0.15) is 0 Å². The predicted octanol–water partition coefficient (Wildman–Crippen LogP) is 0.772. The number of nitrogens with zero attached hydrogens (tertiary/aromatic N) is 2. The third kappa shape index (κ3) is 1.98. The minimum Gasteiger partial charge on any atom is -0.477 e. The van der Waals surface area contributed by atoms with Crippen molar-refractivity contribution >= 4 is 11.7 Å². The number of non-ortho nitro benzene ring substituents is 1. The lowest BCUT2D eigenvalue weighted by Crippen LogP contribution is -2.13. The van der Waals surface area contributed by atoms with Crippen molar-refractivity contribution in [3.05, 3.63) is 56.5 Å². The highest BCUT2D eigenvalue weighted by Crippen LogP contribution is 2.14. The summed E-state index contributed by atoms with van der Waals surface area (Å²) in [5.41, 5.74) is -0.882. The molecule has 1 aromatic heterocycles. The SMILES string of the molecule is O=C(O)c1cc(=O)n(-c2cccc([N+](=O)[O-])c2)[nH]1. The number of nitrogens with one attached hydrogen (secondary N) is 1. The zero-order valence-corrected chi connectivity index (χ0v) is 8.86. The largest absolute Gasteiger partial charge is 0.477 e. The third-order valence-electron chi connectivity index (χ3n) is 2.25. The molecule has 1 aromatic carbocycles. The van der Waals surface area contributed by atoms with Gasteiger partial charge in [-0.1, -0.05) is 6.07 Å². The first kappa shape index (κ1) is 11.6. The quantitative estimate of drug-likeness (QED) is 0.615. The molecule has 0 radical (unpaired) electrons. The number of nitro groups is 1. The molecule has 0 spiro atoms. The lowest BCUT2D eigenvalue weighted by molar-refractivity contribution is -0.384. The maximum atomic E-state index is 11.5. The molecule has 0 aliphatic heterocycles. The molecule has 2 N–H and O–H groups in total. The zero-order valence-electron chi connectivity index (χ0n) is 8.86. The number of aromatic amines is 1. The summed E-state index contributed by atoms with van der Waals surface area (Å²) in [5.74, 6) is -1.28. The Labute approximate surface area is 99.2 Å². The number of hydrogen-bond acceptors (Lipinski definition) is 4. The Morgan fingerprint density at radius 1 is 1.39 bits per heavy atom. The average Bonchev–Trinajstić information content (AvgIpc) is 2.72. The Morgan fingerprint density at radius 3 is 2.67 bits per heavy atom. The van der Waals surface area contributed by atoms with Crippen LogP contribution in [0.4, 0.5) is 5.69 Å². The van der Waals surface area contributed by atoms with Gasteiger partial charge >= 0.3 is 5.97 Å². The van der Waals surface area contributed by atoms with Gasteiger partial charge < -0.3 is 5.11 Å². The molecule has 2 rings (SSSR count). The van der Waals surface area contributed by atoms with Gasteiger partial charge in [0.15, 0.2) is 0 Å². The van der Waals surface area contributed by atoms with E-state index in [0.717, 1.165) is 10.7 Å². The van der Waals surface area contributed by atoms with Crippen LogP contribution in [0.15, 0.2) is 35.1 Å². The van der Waals surface area contributed by atoms with Gasteiger partial charge in [-0.15, -0.1) is 0 Å². The summed E-state index contributed by atoms with van der Waals surface area (Å²) in [6, 6.07) is 6.21. The van der Waals surface area contributed by atoms with Crippen LogP contribution in [-0.2, 0) is 0 Å². The van der Waals surface area contributed by atoms with Crippen LogP contribution < -0.4 is 5.56 Å². The summed E-state index contributed by atoms with van der Waals surface area (Å²) in [6.45, 7) is 0. The highest BCUT2D eigenvalue weighted by atomic mass is 16.6. The Bertz CT molecular complexity index is 685. The van der Waals surface area contributed by atoms with Gasteiger partial charge in [0.25, 0.3) is 11.2 Å². The monoisotopic (exact) mass is 249 g/mol. The van der Waals surface area contributed by atoms with E-state index in [4.69, 9.17) is 5.11 Å². The van der Waals surface area contributed by atoms with E-state index in [-0.39, 0.29) is 17.1 Å². The van der Waals surface area contributed by atoms with Gasteiger partial charge in [0.05, 0.1) is 10.6 Å². The number of carboxylic acids is 1. The Kier molecular flexibility index (Phi) is 2.68. The van der Waals surface area contributed by atoms with Crippen molar-refractivity contribution < 1.29 is 14.8 Å². The predicted molar refractivity (Wildman–Crippen MR) is 60.0 cm³/mol. The fourth-order valence-electron chi connectivity index (χ4n) is 1.44. The van der Waals surface area contributed by atoms with Crippen LogP contribution in [0.5, 0.6) is 0 Å². The number of benzene rings is 1. The average molecular weight is 249 g/mol. The van der Waals surface area contributed by atoms with E-state index in [2.05, 4.69) is 5.10 Å². The number of carbonyl (C=O) groups is 1. The zero-order chi connectivity index (χ0) is 13.3. The Morgan fingerprint density at radius 2 is 2.11 bits per heavy atom. The van der Waals surface area contributed by atoms with E-state index >= 15 is 0 Å². The molecule has 0 amide bonds. The van der Waals surface area contributed by atoms with Gasteiger partial charge in [0.2, 0.25) is 0 Å². The van der Waals surface area contributed by atoms with Crippen molar-refractivity contribution in [1.29, 1.82) is 0 Å². The number of aromatic carboxylic acids is 1. The summed E-state index contributed by atoms with van der Waals surface area (Å²) in [5, 5.41) is 21.7. The summed E-state index contributed by atoms with van der Waals surface area (Å²) < 4.78 is 0.927.